The van der Waals surface area contributed by atoms with E-state index in [2.05, 4.69) is 10.6 Å². The van der Waals surface area contributed by atoms with Gasteiger partial charge >= 0.3 is 5.97 Å². The lowest BCUT2D eigenvalue weighted by Gasteiger charge is -2.12. The molecule has 1 saturated carbocycles. The van der Waals surface area contributed by atoms with E-state index in [1.807, 2.05) is 0 Å². The summed E-state index contributed by atoms with van der Waals surface area (Å²) in [6.07, 6.45) is 6.77. The normalized spacial score (nSPS) is 27.1. The van der Waals surface area contributed by atoms with Crippen LogP contribution in [0, 0.1) is 5.92 Å². The smallest absolute Gasteiger partial charge is 0.310 e. The first kappa shape index (κ1) is 12.1. The van der Waals surface area contributed by atoms with Crippen molar-refractivity contribution in [3.8, 4) is 0 Å². The van der Waals surface area contributed by atoms with Gasteiger partial charge in [-0.15, -0.1) is 0 Å². The molecule has 0 radical (unpaired) electrons. The molecule has 17 heavy (non-hydrogen) atoms. The lowest BCUT2D eigenvalue weighted by atomic mass is 10.1. The standard InChI is InChI=1S/C12H18N2O3/c15-11(5-6-13-9-3-4-9)14-10-2-1-8(7-10)12(16)17/h1-2,8-10,13H,3-7H2,(H,14,15)(H,16,17). The number of nitrogens with one attached hydrogen (secondary N) is 2. The van der Waals surface area contributed by atoms with Gasteiger partial charge in [0.25, 0.3) is 0 Å². The minimum absolute atomic E-state index is 0.0150. The van der Waals surface area contributed by atoms with Crippen LogP contribution >= 0.6 is 0 Å². The molecule has 0 spiro atoms. The van der Waals surface area contributed by atoms with Crippen molar-refractivity contribution in [2.75, 3.05) is 6.54 Å². The van der Waals surface area contributed by atoms with Crippen molar-refractivity contribution in [1.29, 1.82) is 0 Å². The Balaban J connectivity index is 1.62. The second-order valence-electron chi connectivity index (χ2n) is 4.72. The van der Waals surface area contributed by atoms with E-state index >= 15 is 0 Å². The predicted octanol–water partition coefficient (Wildman–Crippen LogP) is 0.274. The molecule has 5 heteroatoms. The van der Waals surface area contributed by atoms with Crippen LogP contribution < -0.4 is 10.6 Å². The summed E-state index contributed by atoms with van der Waals surface area (Å²) in [5.41, 5.74) is 0. The van der Waals surface area contributed by atoms with Crippen LogP contribution in [0.15, 0.2) is 12.2 Å². The van der Waals surface area contributed by atoms with Crippen molar-refractivity contribution >= 4 is 11.9 Å². The van der Waals surface area contributed by atoms with Crippen molar-refractivity contribution in [3.63, 3.8) is 0 Å². The van der Waals surface area contributed by atoms with Crippen LogP contribution in [-0.4, -0.2) is 35.6 Å². The van der Waals surface area contributed by atoms with Gasteiger partial charge in [-0.25, -0.2) is 0 Å². The Hall–Kier alpha value is -1.36. The molecule has 1 fully saturated rings. The molecule has 2 aliphatic carbocycles. The first-order chi connectivity index (χ1) is 8.15. The highest BCUT2D eigenvalue weighted by atomic mass is 16.4. The molecule has 0 saturated heterocycles. The molecular formula is C12H18N2O3. The Morgan fingerprint density at radius 2 is 2.06 bits per heavy atom. The monoisotopic (exact) mass is 238 g/mol. The summed E-state index contributed by atoms with van der Waals surface area (Å²) in [4.78, 5) is 22.3. The van der Waals surface area contributed by atoms with E-state index in [9.17, 15) is 9.59 Å². The maximum atomic E-state index is 11.5. The third-order valence-electron chi connectivity index (χ3n) is 3.11. The van der Waals surface area contributed by atoms with Gasteiger partial charge in [0.05, 0.1) is 5.92 Å². The number of hydrogen-bond donors (Lipinski definition) is 3. The van der Waals surface area contributed by atoms with E-state index in [0.29, 0.717) is 25.4 Å². The van der Waals surface area contributed by atoms with Crippen LogP contribution in [0.3, 0.4) is 0 Å². The zero-order valence-electron chi connectivity index (χ0n) is 9.69. The summed E-state index contributed by atoms with van der Waals surface area (Å²) in [6.45, 7) is 0.704. The van der Waals surface area contributed by atoms with Gasteiger partial charge in [0.15, 0.2) is 0 Å². The number of carbonyl (C=O) groups is 2. The number of carboxylic acids is 1. The van der Waals surface area contributed by atoms with E-state index in [-0.39, 0.29) is 11.9 Å². The lowest BCUT2D eigenvalue weighted by molar-refractivity contribution is -0.140. The topological polar surface area (TPSA) is 78.4 Å². The summed E-state index contributed by atoms with van der Waals surface area (Å²) < 4.78 is 0. The third-order valence-corrected chi connectivity index (χ3v) is 3.11. The summed E-state index contributed by atoms with van der Waals surface area (Å²) >= 11 is 0. The van der Waals surface area contributed by atoms with Crippen LogP contribution in [0.5, 0.6) is 0 Å². The van der Waals surface area contributed by atoms with Gasteiger partial charge in [-0.1, -0.05) is 12.2 Å². The molecule has 2 rings (SSSR count). The molecule has 0 aliphatic heterocycles. The van der Waals surface area contributed by atoms with Crippen molar-refractivity contribution in [2.45, 2.75) is 37.8 Å². The van der Waals surface area contributed by atoms with Gasteiger partial charge in [0.1, 0.15) is 0 Å². The second-order valence-corrected chi connectivity index (χ2v) is 4.72. The molecule has 0 bridgehead atoms. The van der Waals surface area contributed by atoms with E-state index in [1.165, 1.54) is 12.8 Å². The first-order valence-electron chi connectivity index (χ1n) is 6.09. The third kappa shape index (κ3) is 3.85. The molecule has 0 aromatic carbocycles. The Bertz CT molecular complexity index is 337. The molecule has 2 atom stereocenters. The first-order valence-corrected chi connectivity index (χ1v) is 6.09. The molecule has 0 heterocycles. The van der Waals surface area contributed by atoms with Gasteiger partial charge in [0.2, 0.25) is 5.91 Å². The molecule has 5 nitrogen and oxygen atoms in total. The van der Waals surface area contributed by atoms with Crippen molar-refractivity contribution in [1.82, 2.24) is 10.6 Å². The Kier molecular flexibility index (Phi) is 3.78. The maximum Gasteiger partial charge on any atom is 0.310 e. The van der Waals surface area contributed by atoms with Crippen LogP contribution in [0.1, 0.15) is 25.7 Å². The van der Waals surface area contributed by atoms with Gasteiger partial charge in [-0.2, -0.15) is 0 Å². The Morgan fingerprint density at radius 3 is 2.65 bits per heavy atom. The summed E-state index contributed by atoms with van der Waals surface area (Å²) in [6, 6.07) is 0.495. The Morgan fingerprint density at radius 1 is 1.29 bits per heavy atom. The molecule has 2 unspecified atom stereocenters. The number of rotatable bonds is 6. The number of hydrogen-bond acceptors (Lipinski definition) is 3. The summed E-state index contributed by atoms with van der Waals surface area (Å²) in [5.74, 6) is -1.29. The van der Waals surface area contributed by atoms with E-state index in [4.69, 9.17) is 5.11 Å². The number of amides is 1. The van der Waals surface area contributed by atoms with Crippen LogP contribution in [0.2, 0.25) is 0 Å². The molecule has 0 aromatic heterocycles. The Labute approximate surface area is 100 Å². The van der Waals surface area contributed by atoms with E-state index in [1.54, 1.807) is 12.2 Å². The van der Waals surface area contributed by atoms with E-state index in [0.717, 1.165) is 0 Å². The van der Waals surface area contributed by atoms with Crippen LogP contribution in [-0.2, 0) is 9.59 Å². The van der Waals surface area contributed by atoms with Crippen molar-refractivity contribution in [2.24, 2.45) is 5.92 Å². The minimum atomic E-state index is -0.826. The highest BCUT2D eigenvalue weighted by Gasteiger charge is 2.25. The van der Waals surface area contributed by atoms with Crippen molar-refractivity contribution in [3.05, 3.63) is 12.2 Å². The van der Waals surface area contributed by atoms with Gasteiger partial charge in [0, 0.05) is 25.0 Å². The minimum Gasteiger partial charge on any atom is -0.481 e. The summed E-state index contributed by atoms with van der Waals surface area (Å²) in [5, 5.41) is 14.9. The average molecular weight is 238 g/mol. The number of carboxylic acid groups (broad SMARTS) is 1. The molecule has 1 amide bonds. The molecule has 3 N–H and O–H groups in total. The predicted molar refractivity (Wildman–Crippen MR) is 62.5 cm³/mol. The van der Waals surface area contributed by atoms with E-state index < -0.39 is 11.9 Å². The number of aliphatic carboxylic acids is 1. The maximum absolute atomic E-state index is 11.5. The highest BCUT2D eigenvalue weighted by Crippen LogP contribution is 2.19. The molecule has 0 aromatic rings. The lowest BCUT2D eigenvalue weighted by Crippen LogP contribution is -2.35. The van der Waals surface area contributed by atoms with Gasteiger partial charge in [-0.05, 0) is 19.3 Å². The quantitative estimate of drug-likeness (QED) is 0.581. The van der Waals surface area contributed by atoms with Crippen molar-refractivity contribution < 1.29 is 14.7 Å². The number of carbonyl (C=O) groups excluding carboxylic acids is 1. The molecule has 94 valence electrons. The molecule has 2 aliphatic rings. The van der Waals surface area contributed by atoms with Gasteiger partial charge < -0.3 is 15.7 Å². The SMILES string of the molecule is O=C(CCNC1CC1)NC1C=CC(C(=O)O)C1. The second kappa shape index (κ2) is 5.31. The highest BCUT2D eigenvalue weighted by molar-refractivity contribution is 5.77. The zero-order chi connectivity index (χ0) is 12.3. The van der Waals surface area contributed by atoms with Gasteiger partial charge in [-0.3, -0.25) is 9.59 Å². The largest absolute Gasteiger partial charge is 0.481 e. The fourth-order valence-corrected chi connectivity index (χ4v) is 1.95. The van der Waals surface area contributed by atoms with Crippen LogP contribution in [0.4, 0.5) is 0 Å². The molecular weight excluding hydrogens is 220 g/mol. The average Bonchev–Trinajstić information content (AvgIpc) is 2.96. The fourth-order valence-electron chi connectivity index (χ4n) is 1.95. The summed E-state index contributed by atoms with van der Waals surface area (Å²) in [7, 11) is 0. The fraction of sp³-hybridized carbons (Fsp3) is 0.667. The van der Waals surface area contributed by atoms with Crippen LogP contribution in [0.25, 0.3) is 0 Å². The zero-order valence-corrected chi connectivity index (χ0v) is 9.69.